The Kier molecular flexibility index (Phi) is 9.06. The summed E-state index contributed by atoms with van der Waals surface area (Å²) in [6.45, 7) is 3.11. The number of carbonyl (C=O) groups is 3. The molecule has 3 heterocycles. The van der Waals surface area contributed by atoms with Gasteiger partial charge in [-0.1, -0.05) is 6.07 Å². The summed E-state index contributed by atoms with van der Waals surface area (Å²) in [5.74, 6) is -0.303. The van der Waals surface area contributed by atoms with Crippen LogP contribution in [0.25, 0.3) is 17.0 Å². The Morgan fingerprint density at radius 2 is 1.85 bits per heavy atom. The fourth-order valence-electron chi connectivity index (χ4n) is 7.81. The van der Waals surface area contributed by atoms with E-state index in [4.69, 9.17) is 23.7 Å². The quantitative estimate of drug-likeness (QED) is 0.273. The van der Waals surface area contributed by atoms with Crippen LogP contribution in [0.1, 0.15) is 42.6 Å². The van der Waals surface area contributed by atoms with Crippen molar-refractivity contribution >= 4 is 40.5 Å². The van der Waals surface area contributed by atoms with Crippen molar-refractivity contribution < 1.29 is 38.1 Å². The third kappa shape index (κ3) is 5.96. The average Bonchev–Trinajstić information content (AvgIpc) is 3.44. The predicted octanol–water partition coefficient (Wildman–Crippen LogP) is 4.51. The van der Waals surface area contributed by atoms with Gasteiger partial charge in [0.25, 0.3) is 0 Å². The van der Waals surface area contributed by atoms with Gasteiger partial charge in [0, 0.05) is 55.9 Å². The highest BCUT2D eigenvalue weighted by Crippen LogP contribution is 2.50. The fraction of sp³-hybridized carbons (Fsp3) is 0.457. The van der Waals surface area contributed by atoms with Crippen LogP contribution in [0.15, 0.2) is 42.5 Å². The van der Waals surface area contributed by atoms with Crippen LogP contribution < -0.4 is 14.8 Å². The molecule has 0 unspecified atom stereocenters. The summed E-state index contributed by atoms with van der Waals surface area (Å²) in [7, 11) is 6.13. The van der Waals surface area contributed by atoms with Crippen molar-refractivity contribution in [1.82, 2.24) is 9.88 Å². The SMILES string of the molecule is COC(=O)[C@H]1[C@H]2C[C@@H]3c4[nH]c5cc(OC)ccc5c4CCN3C[C@H]2C[C@@H](OC(=O)/C=C/c2ccc(NC(C)=O)c(OC)c2)[C@@H]1OC. The van der Waals surface area contributed by atoms with Crippen LogP contribution in [0.5, 0.6) is 11.5 Å². The van der Waals surface area contributed by atoms with Crippen molar-refractivity contribution in [2.24, 2.45) is 17.8 Å². The van der Waals surface area contributed by atoms with Gasteiger partial charge in [0.15, 0.2) is 0 Å². The van der Waals surface area contributed by atoms with Crippen molar-refractivity contribution in [3.8, 4) is 11.5 Å². The first kappa shape index (κ1) is 31.6. The van der Waals surface area contributed by atoms with Crippen molar-refractivity contribution in [1.29, 1.82) is 0 Å². The number of H-pyrrole nitrogens is 1. The number of benzene rings is 2. The molecule has 0 radical (unpaired) electrons. The lowest BCUT2D eigenvalue weighted by molar-refractivity contribution is -0.187. The van der Waals surface area contributed by atoms with Gasteiger partial charge in [0.2, 0.25) is 5.91 Å². The van der Waals surface area contributed by atoms with Crippen LogP contribution in [0.2, 0.25) is 0 Å². The standard InChI is InChI=1S/C35H41N3O8/c1-19(39)36-26-10-6-20(14-29(26)43-3)7-11-31(40)46-30-15-21-18-38-13-12-24-23-9-8-22(42-2)16-27(23)37-33(24)28(38)17-25(21)32(34(30)44-4)35(41)45-5/h6-11,14,16,21,25,28,30,32,34,37H,12-13,15,17-18H2,1-5H3,(H,36,39)/b11-7+/t21-,25+,28-,30-,32+,34+/m1/s1. The van der Waals surface area contributed by atoms with Crippen LogP contribution in [-0.4, -0.2) is 81.5 Å². The summed E-state index contributed by atoms with van der Waals surface area (Å²) in [5.41, 5.74) is 4.81. The van der Waals surface area contributed by atoms with Crippen LogP contribution in [0.3, 0.4) is 0 Å². The van der Waals surface area contributed by atoms with Crippen LogP contribution in [-0.2, 0) is 35.0 Å². The zero-order chi connectivity index (χ0) is 32.5. The molecule has 1 saturated carbocycles. The summed E-state index contributed by atoms with van der Waals surface area (Å²) in [6, 6.07) is 11.5. The topological polar surface area (TPSA) is 128 Å². The summed E-state index contributed by atoms with van der Waals surface area (Å²) in [5, 5.41) is 3.92. The summed E-state index contributed by atoms with van der Waals surface area (Å²) >= 11 is 0. The Bertz CT molecular complexity index is 1660. The molecule has 1 aliphatic carbocycles. The van der Waals surface area contributed by atoms with E-state index in [1.165, 1.54) is 43.9 Å². The van der Waals surface area contributed by atoms with E-state index in [2.05, 4.69) is 21.3 Å². The normalized spacial score (nSPS) is 25.7. The lowest BCUT2D eigenvalue weighted by atomic mass is 9.63. The van der Waals surface area contributed by atoms with Crippen LogP contribution in [0, 0.1) is 17.8 Å². The minimum atomic E-state index is -0.648. The van der Waals surface area contributed by atoms with Gasteiger partial charge in [-0.3, -0.25) is 14.5 Å². The van der Waals surface area contributed by atoms with Gasteiger partial charge in [-0.25, -0.2) is 4.79 Å². The monoisotopic (exact) mass is 631 g/mol. The lowest BCUT2D eigenvalue weighted by Gasteiger charge is -2.52. The third-order valence-electron chi connectivity index (χ3n) is 9.82. The molecule has 3 aliphatic rings. The number of methoxy groups -OCH3 is 4. The number of hydrogen-bond donors (Lipinski definition) is 2. The molecule has 3 aromatic rings. The van der Waals surface area contributed by atoms with E-state index in [1.807, 2.05) is 12.1 Å². The highest BCUT2D eigenvalue weighted by atomic mass is 16.6. The second-order valence-corrected chi connectivity index (χ2v) is 12.3. The number of nitrogens with one attached hydrogen (secondary N) is 2. The molecule has 1 saturated heterocycles. The molecule has 1 aromatic heterocycles. The molecule has 0 spiro atoms. The van der Waals surface area contributed by atoms with E-state index in [-0.39, 0.29) is 29.8 Å². The van der Waals surface area contributed by atoms with E-state index < -0.39 is 24.1 Å². The minimum absolute atomic E-state index is 0.00867. The van der Waals surface area contributed by atoms with Crippen molar-refractivity contribution in [3.63, 3.8) is 0 Å². The van der Waals surface area contributed by atoms with Crippen LogP contribution in [0.4, 0.5) is 5.69 Å². The van der Waals surface area contributed by atoms with Gasteiger partial charge in [0.05, 0.1) is 39.0 Å². The molecule has 2 N–H and O–H groups in total. The Morgan fingerprint density at radius 1 is 1.02 bits per heavy atom. The molecule has 1 amide bonds. The maximum Gasteiger partial charge on any atom is 0.331 e. The van der Waals surface area contributed by atoms with Gasteiger partial charge in [0.1, 0.15) is 23.7 Å². The Hall–Kier alpha value is -4.35. The van der Waals surface area contributed by atoms with Crippen molar-refractivity contribution in [2.45, 2.75) is 44.4 Å². The van der Waals surface area contributed by atoms with Gasteiger partial charge in [-0.05, 0) is 72.6 Å². The Morgan fingerprint density at radius 3 is 2.57 bits per heavy atom. The molecule has 2 fully saturated rings. The summed E-state index contributed by atoms with van der Waals surface area (Å²) in [6.07, 6.45) is 3.97. The smallest absolute Gasteiger partial charge is 0.331 e. The van der Waals surface area contributed by atoms with Crippen LogP contribution >= 0.6 is 0 Å². The number of aromatic nitrogens is 1. The first-order valence-electron chi connectivity index (χ1n) is 15.6. The molecule has 11 heteroatoms. The number of anilines is 1. The van der Waals surface area contributed by atoms with E-state index in [0.29, 0.717) is 23.4 Å². The number of hydrogen-bond acceptors (Lipinski definition) is 9. The molecule has 46 heavy (non-hydrogen) atoms. The number of carbonyl (C=O) groups excluding carboxylic acids is 3. The molecular weight excluding hydrogens is 590 g/mol. The maximum absolute atomic E-state index is 13.4. The molecule has 244 valence electrons. The first-order valence-corrected chi connectivity index (χ1v) is 15.6. The zero-order valence-electron chi connectivity index (χ0n) is 26.8. The molecule has 0 bridgehead atoms. The van der Waals surface area contributed by atoms with Gasteiger partial charge in [-0.2, -0.15) is 0 Å². The van der Waals surface area contributed by atoms with E-state index in [9.17, 15) is 14.4 Å². The van der Waals surface area contributed by atoms with Crippen molar-refractivity contribution in [3.05, 3.63) is 59.3 Å². The lowest BCUT2D eigenvalue weighted by Crippen LogP contribution is -2.58. The molecule has 2 aliphatic heterocycles. The molecule has 2 aromatic carbocycles. The van der Waals surface area contributed by atoms with Gasteiger partial charge in [-0.15, -0.1) is 0 Å². The first-order chi connectivity index (χ1) is 22.2. The number of aromatic amines is 1. The number of nitrogens with zero attached hydrogens (tertiary/aromatic N) is 1. The Balaban J connectivity index is 1.21. The highest BCUT2D eigenvalue weighted by molar-refractivity contribution is 5.91. The fourth-order valence-corrected chi connectivity index (χ4v) is 7.81. The Labute approximate surface area is 268 Å². The molecular formula is C35H41N3O8. The molecule has 6 atom stereocenters. The second kappa shape index (κ2) is 13.2. The van der Waals surface area contributed by atoms with E-state index in [0.717, 1.165) is 37.2 Å². The third-order valence-corrected chi connectivity index (χ3v) is 9.82. The van der Waals surface area contributed by atoms with Gasteiger partial charge < -0.3 is 34.0 Å². The molecule has 6 rings (SSSR count). The number of esters is 2. The average molecular weight is 632 g/mol. The number of piperidine rings is 1. The number of ether oxygens (including phenoxy) is 5. The summed E-state index contributed by atoms with van der Waals surface area (Å²) < 4.78 is 28.1. The van der Waals surface area contributed by atoms with E-state index >= 15 is 0 Å². The van der Waals surface area contributed by atoms with Crippen molar-refractivity contribution in [2.75, 3.05) is 46.8 Å². The minimum Gasteiger partial charge on any atom is -0.497 e. The predicted molar refractivity (Wildman–Crippen MR) is 172 cm³/mol. The number of fused-ring (bicyclic) bond motifs is 6. The largest absolute Gasteiger partial charge is 0.497 e. The van der Waals surface area contributed by atoms with E-state index in [1.54, 1.807) is 38.5 Å². The maximum atomic E-state index is 13.4. The number of amides is 1. The zero-order valence-corrected chi connectivity index (χ0v) is 26.8. The molecule has 11 nitrogen and oxygen atoms in total. The summed E-state index contributed by atoms with van der Waals surface area (Å²) in [4.78, 5) is 44.1. The highest BCUT2D eigenvalue weighted by Gasteiger charge is 2.54. The second-order valence-electron chi connectivity index (χ2n) is 12.3. The van der Waals surface area contributed by atoms with Gasteiger partial charge >= 0.3 is 11.9 Å². The number of rotatable bonds is 8.